The van der Waals surface area contributed by atoms with Crippen LogP contribution in [0.4, 0.5) is 10.5 Å². The summed E-state index contributed by atoms with van der Waals surface area (Å²) < 4.78 is 0.966. The van der Waals surface area contributed by atoms with Crippen LogP contribution in [-0.4, -0.2) is 11.2 Å². The summed E-state index contributed by atoms with van der Waals surface area (Å²) in [7, 11) is 0. The SMILES string of the molecule is O=C(O)Nc1ccc(I)cc1Cl. The zero-order chi connectivity index (χ0) is 9.14. The lowest BCUT2D eigenvalue weighted by atomic mass is 10.3. The molecular formula is C7H5ClINO2. The van der Waals surface area contributed by atoms with Gasteiger partial charge in [0.1, 0.15) is 0 Å². The largest absolute Gasteiger partial charge is 0.465 e. The van der Waals surface area contributed by atoms with Gasteiger partial charge in [0.25, 0.3) is 0 Å². The zero-order valence-corrected chi connectivity index (χ0v) is 8.76. The number of amides is 1. The molecule has 0 aliphatic carbocycles. The van der Waals surface area contributed by atoms with E-state index in [1.54, 1.807) is 18.2 Å². The van der Waals surface area contributed by atoms with Crippen molar-refractivity contribution in [3.8, 4) is 0 Å². The van der Waals surface area contributed by atoms with Crippen molar-refractivity contribution in [2.75, 3.05) is 5.32 Å². The van der Waals surface area contributed by atoms with Crippen LogP contribution >= 0.6 is 34.2 Å². The first-order valence-electron chi connectivity index (χ1n) is 3.04. The molecule has 0 unspecified atom stereocenters. The molecule has 1 aromatic rings. The van der Waals surface area contributed by atoms with E-state index in [0.717, 1.165) is 3.57 Å². The molecule has 12 heavy (non-hydrogen) atoms. The van der Waals surface area contributed by atoms with Crippen LogP contribution in [0.25, 0.3) is 0 Å². The zero-order valence-electron chi connectivity index (χ0n) is 5.84. The highest BCUT2D eigenvalue weighted by molar-refractivity contribution is 14.1. The molecule has 0 heterocycles. The summed E-state index contributed by atoms with van der Waals surface area (Å²) in [6.07, 6.45) is -1.11. The van der Waals surface area contributed by atoms with E-state index in [9.17, 15) is 4.79 Å². The number of halogens is 2. The summed E-state index contributed by atoms with van der Waals surface area (Å²) in [4.78, 5) is 10.2. The highest BCUT2D eigenvalue weighted by Gasteiger charge is 2.02. The van der Waals surface area contributed by atoms with Crippen LogP contribution in [0.5, 0.6) is 0 Å². The molecule has 0 fully saturated rings. The predicted octanol–water partition coefficient (Wildman–Crippen LogP) is 3.03. The molecule has 0 spiro atoms. The van der Waals surface area contributed by atoms with Crippen LogP contribution in [0.3, 0.4) is 0 Å². The van der Waals surface area contributed by atoms with Crippen molar-refractivity contribution >= 4 is 46.0 Å². The van der Waals surface area contributed by atoms with Crippen LogP contribution < -0.4 is 5.32 Å². The second-order valence-electron chi connectivity index (χ2n) is 2.05. The molecule has 0 saturated carbocycles. The highest BCUT2D eigenvalue weighted by Crippen LogP contribution is 2.23. The van der Waals surface area contributed by atoms with Gasteiger partial charge in [-0.3, -0.25) is 5.32 Å². The average molecular weight is 297 g/mol. The molecule has 5 heteroatoms. The van der Waals surface area contributed by atoms with E-state index < -0.39 is 6.09 Å². The molecule has 0 saturated heterocycles. The standard InChI is InChI=1S/C7H5ClINO2/c8-5-3-4(9)1-2-6(5)10-7(11)12/h1-3,10H,(H,11,12). The summed E-state index contributed by atoms with van der Waals surface area (Å²) in [6.45, 7) is 0. The van der Waals surface area contributed by atoms with Gasteiger partial charge in [0.15, 0.2) is 0 Å². The lowest BCUT2D eigenvalue weighted by Crippen LogP contribution is -2.07. The first-order chi connectivity index (χ1) is 5.59. The number of benzene rings is 1. The molecular weight excluding hydrogens is 292 g/mol. The average Bonchev–Trinajstić information content (AvgIpc) is 1.94. The van der Waals surface area contributed by atoms with Crippen molar-refractivity contribution in [3.05, 3.63) is 26.8 Å². The minimum absolute atomic E-state index is 0.407. The van der Waals surface area contributed by atoms with E-state index >= 15 is 0 Å². The molecule has 1 rings (SSSR count). The van der Waals surface area contributed by atoms with Gasteiger partial charge in [-0.25, -0.2) is 4.79 Å². The van der Waals surface area contributed by atoms with Gasteiger partial charge in [0.2, 0.25) is 0 Å². The normalized spacial score (nSPS) is 9.50. The van der Waals surface area contributed by atoms with E-state index in [4.69, 9.17) is 16.7 Å². The molecule has 1 aromatic carbocycles. The van der Waals surface area contributed by atoms with Crippen LogP contribution in [-0.2, 0) is 0 Å². The van der Waals surface area contributed by atoms with Gasteiger partial charge in [-0.05, 0) is 40.8 Å². The lowest BCUT2D eigenvalue weighted by Gasteiger charge is -2.02. The summed E-state index contributed by atoms with van der Waals surface area (Å²) in [6, 6.07) is 5.09. The van der Waals surface area contributed by atoms with Crippen molar-refractivity contribution in [2.45, 2.75) is 0 Å². The van der Waals surface area contributed by atoms with E-state index in [2.05, 4.69) is 27.9 Å². The molecule has 0 aromatic heterocycles. The quantitative estimate of drug-likeness (QED) is 0.783. The molecule has 64 valence electrons. The van der Waals surface area contributed by atoms with Gasteiger partial charge in [0.05, 0.1) is 10.7 Å². The second-order valence-corrected chi connectivity index (χ2v) is 3.71. The monoisotopic (exact) mass is 297 g/mol. The van der Waals surface area contributed by atoms with Crippen molar-refractivity contribution < 1.29 is 9.90 Å². The maximum Gasteiger partial charge on any atom is 0.409 e. The molecule has 2 N–H and O–H groups in total. The third-order valence-corrected chi connectivity index (χ3v) is 2.16. The number of hydrogen-bond donors (Lipinski definition) is 2. The predicted molar refractivity (Wildman–Crippen MR) is 55.8 cm³/mol. The Bertz CT molecular complexity index is 316. The maximum absolute atomic E-state index is 10.2. The Labute approximate surface area is 87.9 Å². The topological polar surface area (TPSA) is 49.3 Å². The fourth-order valence-electron chi connectivity index (χ4n) is 0.706. The Kier molecular flexibility index (Phi) is 3.16. The number of carboxylic acid groups (broad SMARTS) is 1. The van der Waals surface area contributed by atoms with E-state index in [1.807, 2.05) is 0 Å². The van der Waals surface area contributed by atoms with Gasteiger partial charge in [-0.15, -0.1) is 0 Å². The molecule has 0 aliphatic rings. The Hall–Kier alpha value is -0.490. The minimum Gasteiger partial charge on any atom is -0.465 e. The van der Waals surface area contributed by atoms with Gasteiger partial charge in [-0.2, -0.15) is 0 Å². The number of rotatable bonds is 1. The van der Waals surface area contributed by atoms with Crippen LogP contribution in [0, 0.1) is 3.57 Å². The Balaban J connectivity index is 2.93. The summed E-state index contributed by atoms with van der Waals surface area (Å²) in [5.74, 6) is 0. The minimum atomic E-state index is -1.11. The maximum atomic E-state index is 10.2. The van der Waals surface area contributed by atoms with Crippen molar-refractivity contribution in [1.29, 1.82) is 0 Å². The van der Waals surface area contributed by atoms with Crippen molar-refractivity contribution in [1.82, 2.24) is 0 Å². The summed E-state index contributed by atoms with van der Waals surface area (Å²) in [5.41, 5.74) is 0.407. The number of nitrogens with one attached hydrogen (secondary N) is 1. The number of anilines is 1. The fraction of sp³-hybridized carbons (Fsp3) is 0. The molecule has 0 atom stereocenters. The van der Waals surface area contributed by atoms with Crippen LogP contribution in [0.15, 0.2) is 18.2 Å². The fourth-order valence-corrected chi connectivity index (χ4v) is 1.61. The highest BCUT2D eigenvalue weighted by atomic mass is 127. The first kappa shape index (κ1) is 9.60. The number of hydrogen-bond acceptors (Lipinski definition) is 1. The molecule has 0 radical (unpaired) electrons. The summed E-state index contributed by atoms with van der Waals surface area (Å²) >= 11 is 7.84. The van der Waals surface area contributed by atoms with Gasteiger partial charge < -0.3 is 5.11 Å². The first-order valence-corrected chi connectivity index (χ1v) is 4.50. The van der Waals surface area contributed by atoms with Crippen LogP contribution in [0.2, 0.25) is 5.02 Å². The Morgan fingerprint density at radius 3 is 2.75 bits per heavy atom. The van der Waals surface area contributed by atoms with Crippen LogP contribution in [0.1, 0.15) is 0 Å². The molecule has 0 bridgehead atoms. The lowest BCUT2D eigenvalue weighted by molar-refractivity contribution is 0.210. The number of carbonyl (C=O) groups is 1. The third kappa shape index (κ3) is 2.53. The second kappa shape index (κ2) is 3.95. The smallest absolute Gasteiger partial charge is 0.409 e. The van der Waals surface area contributed by atoms with Gasteiger partial charge in [0, 0.05) is 3.57 Å². The Morgan fingerprint density at radius 1 is 1.58 bits per heavy atom. The summed E-state index contributed by atoms with van der Waals surface area (Å²) in [5, 5.41) is 11.0. The molecule has 1 amide bonds. The van der Waals surface area contributed by atoms with Crippen molar-refractivity contribution in [2.24, 2.45) is 0 Å². The van der Waals surface area contributed by atoms with Crippen molar-refractivity contribution in [3.63, 3.8) is 0 Å². The molecule has 3 nitrogen and oxygen atoms in total. The van der Waals surface area contributed by atoms with E-state index in [1.165, 1.54) is 0 Å². The van der Waals surface area contributed by atoms with Gasteiger partial charge >= 0.3 is 6.09 Å². The van der Waals surface area contributed by atoms with E-state index in [-0.39, 0.29) is 0 Å². The van der Waals surface area contributed by atoms with E-state index in [0.29, 0.717) is 10.7 Å². The molecule has 0 aliphatic heterocycles. The Morgan fingerprint density at radius 2 is 2.25 bits per heavy atom. The third-order valence-electron chi connectivity index (χ3n) is 1.17. The van der Waals surface area contributed by atoms with Gasteiger partial charge in [-0.1, -0.05) is 11.6 Å².